The van der Waals surface area contributed by atoms with Gasteiger partial charge < -0.3 is 5.32 Å². The van der Waals surface area contributed by atoms with Crippen molar-refractivity contribution in [1.29, 1.82) is 0 Å². The first-order valence-corrected chi connectivity index (χ1v) is 6.34. The minimum Gasteiger partial charge on any atom is -0.310 e. The molecule has 0 amide bonds. The molecule has 1 aliphatic carbocycles. The molecule has 94 valence electrons. The number of hydrogen-bond acceptors (Lipinski definition) is 5. The van der Waals surface area contributed by atoms with Gasteiger partial charge in [0, 0.05) is 23.5 Å². The molecule has 0 saturated carbocycles. The highest BCUT2D eigenvalue weighted by atomic mass is 15.3. The average Bonchev–Trinajstić information content (AvgIpc) is 2.93. The number of hydrogen-bond donors (Lipinski definition) is 2. The van der Waals surface area contributed by atoms with Crippen molar-refractivity contribution in [3.8, 4) is 11.5 Å². The largest absolute Gasteiger partial charge is 0.310 e. The van der Waals surface area contributed by atoms with Crippen LogP contribution < -0.4 is 5.32 Å². The normalized spacial score (nSPS) is 18.6. The molecule has 0 saturated heterocycles. The third-order valence-electron chi connectivity index (χ3n) is 3.28. The van der Waals surface area contributed by atoms with E-state index in [4.69, 9.17) is 0 Å². The lowest BCUT2D eigenvalue weighted by atomic mass is 9.92. The zero-order chi connectivity index (χ0) is 12.4. The second-order valence-electron chi connectivity index (χ2n) is 4.45. The van der Waals surface area contributed by atoms with Crippen LogP contribution in [0.5, 0.6) is 0 Å². The number of aryl methyl sites for hydroxylation is 1. The van der Waals surface area contributed by atoms with Gasteiger partial charge in [0.05, 0.1) is 6.20 Å². The van der Waals surface area contributed by atoms with Crippen molar-refractivity contribution in [1.82, 2.24) is 30.7 Å². The Morgan fingerprint density at radius 3 is 3.17 bits per heavy atom. The van der Waals surface area contributed by atoms with Crippen molar-refractivity contribution in [2.75, 3.05) is 6.54 Å². The lowest BCUT2D eigenvalue weighted by Crippen LogP contribution is -2.25. The van der Waals surface area contributed by atoms with E-state index in [2.05, 4.69) is 37.6 Å². The Labute approximate surface area is 105 Å². The summed E-state index contributed by atoms with van der Waals surface area (Å²) >= 11 is 0. The topological polar surface area (TPSA) is 79.4 Å². The first-order valence-electron chi connectivity index (χ1n) is 6.34. The highest BCUT2D eigenvalue weighted by molar-refractivity contribution is 5.47. The van der Waals surface area contributed by atoms with Gasteiger partial charge in [-0.3, -0.25) is 0 Å². The van der Waals surface area contributed by atoms with Crippen LogP contribution in [0, 0.1) is 0 Å². The molecule has 1 atom stereocenters. The Hall–Kier alpha value is -1.82. The van der Waals surface area contributed by atoms with Crippen molar-refractivity contribution in [2.45, 2.75) is 32.2 Å². The van der Waals surface area contributed by atoms with Crippen LogP contribution in [-0.2, 0) is 6.42 Å². The Bertz CT molecular complexity index is 521. The molecule has 2 aromatic heterocycles. The average molecular weight is 244 g/mol. The molecule has 0 bridgehead atoms. The fraction of sp³-hybridized carbons (Fsp3) is 0.500. The maximum atomic E-state index is 4.61. The fourth-order valence-corrected chi connectivity index (χ4v) is 2.44. The second-order valence-corrected chi connectivity index (χ2v) is 4.45. The van der Waals surface area contributed by atoms with Gasteiger partial charge in [0.25, 0.3) is 0 Å². The van der Waals surface area contributed by atoms with Crippen LogP contribution in [0.2, 0.25) is 0 Å². The highest BCUT2D eigenvalue weighted by Crippen LogP contribution is 2.28. The van der Waals surface area contributed by atoms with Crippen molar-refractivity contribution >= 4 is 0 Å². The van der Waals surface area contributed by atoms with E-state index in [0.29, 0.717) is 17.6 Å². The van der Waals surface area contributed by atoms with E-state index >= 15 is 0 Å². The van der Waals surface area contributed by atoms with Crippen LogP contribution in [0.25, 0.3) is 11.5 Å². The summed E-state index contributed by atoms with van der Waals surface area (Å²) in [7, 11) is 0. The summed E-state index contributed by atoms with van der Waals surface area (Å²) in [5, 5.41) is 13.9. The predicted molar refractivity (Wildman–Crippen MR) is 66.8 cm³/mol. The Kier molecular flexibility index (Phi) is 3.02. The van der Waals surface area contributed by atoms with Gasteiger partial charge >= 0.3 is 0 Å². The fourth-order valence-electron chi connectivity index (χ4n) is 2.44. The second kappa shape index (κ2) is 4.81. The molecule has 0 spiro atoms. The van der Waals surface area contributed by atoms with Gasteiger partial charge in [0.1, 0.15) is 5.69 Å². The van der Waals surface area contributed by atoms with Gasteiger partial charge in [-0.25, -0.2) is 9.97 Å². The van der Waals surface area contributed by atoms with E-state index in [9.17, 15) is 0 Å². The predicted octanol–water partition coefficient (Wildman–Crippen LogP) is 1.25. The van der Waals surface area contributed by atoms with Gasteiger partial charge in [0.15, 0.2) is 5.82 Å². The minimum atomic E-state index is 0.394. The number of nitrogens with zero attached hydrogens (tertiary/aromatic N) is 4. The molecule has 2 N–H and O–H groups in total. The van der Waals surface area contributed by atoms with Gasteiger partial charge in [-0.1, -0.05) is 6.92 Å². The Morgan fingerprint density at radius 1 is 1.44 bits per heavy atom. The Balaban J connectivity index is 1.95. The number of nitrogens with one attached hydrogen (secondary N) is 2. The molecule has 2 heterocycles. The van der Waals surface area contributed by atoms with E-state index in [0.717, 1.165) is 25.1 Å². The summed E-state index contributed by atoms with van der Waals surface area (Å²) in [5.74, 6) is 0.652. The zero-order valence-corrected chi connectivity index (χ0v) is 10.3. The molecule has 0 aromatic carbocycles. The quantitative estimate of drug-likeness (QED) is 0.849. The minimum absolute atomic E-state index is 0.394. The van der Waals surface area contributed by atoms with Gasteiger partial charge in [-0.2, -0.15) is 15.4 Å². The van der Waals surface area contributed by atoms with Gasteiger partial charge in [-0.05, 0) is 25.8 Å². The van der Waals surface area contributed by atoms with Crippen molar-refractivity contribution in [3.63, 3.8) is 0 Å². The van der Waals surface area contributed by atoms with Crippen LogP contribution in [0.15, 0.2) is 12.4 Å². The van der Waals surface area contributed by atoms with Gasteiger partial charge in [-0.15, -0.1) is 0 Å². The maximum Gasteiger partial charge on any atom is 0.181 e. The smallest absolute Gasteiger partial charge is 0.181 e. The van der Waals surface area contributed by atoms with Crippen LogP contribution in [-0.4, -0.2) is 31.9 Å². The lowest BCUT2D eigenvalue weighted by molar-refractivity contribution is 0.464. The van der Waals surface area contributed by atoms with E-state index in [1.165, 1.54) is 12.0 Å². The number of H-pyrrole nitrogens is 1. The SMILES string of the molecule is CCNC1CCCc2nc(-c3cn[nH]n3)ncc21. The summed E-state index contributed by atoms with van der Waals surface area (Å²) in [5.41, 5.74) is 3.07. The molecule has 2 aromatic rings. The van der Waals surface area contributed by atoms with Crippen LogP contribution in [0.4, 0.5) is 0 Å². The maximum absolute atomic E-state index is 4.61. The lowest BCUT2D eigenvalue weighted by Gasteiger charge is -2.25. The molecular weight excluding hydrogens is 228 g/mol. The summed E-state index contributed by atoms with van der Waals surface area (Å²) in [6.07, 6.45) is 6.92. The third kappa shape index (κ3) is 1.99. The van der Waals surface area contributed by atoms with Crippen LogP contribution in [0.1, 0.15) is 37.1 Å². The molecule has 6 nitrogen and oxygen atoms in total. The molecule has 1 unspecified atom stereocenters. The number of aromatic amines is 1. The molecule has 3 rings (SSSR count). The van der Waals surface area contributed by atoms with Crippen molar-refractivity contribution in [3.05, 3.63) is 23.7 Å². The van der Waals surface area contributed by atoms with E-state index in [1.807, 2.05) is 6.20 Å². The number of rotatable bonds is 3. The van der Waals surface area contributed by atoms with E-state index in [-0.39, 0.29) is 0 Å². The molecule has 0 radical (unpaired) electrons. The molecule has 18 heavy (non-hydrogen) atoms. The monoisotopic (exact) mass is 244 g/mol. The standard InChI is InChI=1S/C12H16N6/c1-2-13-9-4-3-5-10-8(9)6-14-12(16-10)11-7-15-18-17-11/h6-7,9,13H,2-5H2,1H3,(H,15,17,18). The first-order chi connectivity index (χ1) is 8.88. The van der Waals surface area contributed by atoms with E-state index in [1.54, 1.807) is 6.20 Å². The van der Waals surface area contributed by atoms with E-state index < -0.39 is 0 Å². The molecule has 0 aliphatic heterocycles. The summed E-state index contributed by atoms with van der Waals surface area (Å²) in [4.78, 5) is 9.01. The van der Waals surface area contributed by atoms with Crippen molar-refractivity contribution in [2.24, 2.45) is 0 Å². The number of fused-ring (bicyclic) bond motifs is 1. The molecular formula is C12H16N6. The number of aromatic nitrogens is 5. The highest BCUT2D eigenvalue weighted by Gasteiger charge is 2.21. The summed E-state index contributed by atoms with van der Waals surface area (Å²) in [6.45, 7) is 3.09. The van der Waals surface area contributed by atoms with Crippen molar-refractivity contribution < 1.29 is 0 Å². The molecule has 0 fully saturated rings. The van der Waals surface area contributed by atoms with Gasteiger partial charge in [0.2, 0.25) is 0 Å². The molecule has 1 aliphatic rings. The first kappa shape index (κ1) is 11.3. The summed E-state index contributed by atoms with van der Waals surface area (Å²) < 4.78 is 0. The third-order valence-corrected chi connectivity index (χ3v) is 3.28. The molecule has 6 heteroatoms. The summed E-state index contributed by atoms with van der Waals surface area (Å²) in [6, 6.07) is 0.394. The van der Waals surface area contributed by atoms with Crippen LogP contribution in [0.3, 0.4) is 0 Å². The van der Waals surface area contributed by atoms with Crippen LogP contribution >= 0.6 is 0 Å². The zero-order valence-electron chi connectivity index (χ0n) is 10.3. The Morgan fingerprint density at radius 2 is 2.39 bits per heavy atom.